The molecule has 0 bridgehead atoms. The highest BCUT2D eigenvalue weighted by Crippen LogP contribution is 2.19. The zero-order valence-corrected chi connectivity index (χ0v) is 12.1. The Hall–Kier alpha value is -2.41. The number of hydrogen-bond donors (Lipinski definition) is 2. The van der Waals surface area contributed by atoms with Crippen LogP contribution in [0, 0.1) is 12.7 Å². The van der Waals surface area contributed by atoms with Crippen LogP contribution in [0.1, 0.15) is 5.56 Å². The monoisotopic (exact) mass is 307 g/mol. The lowest BCUT2D eigenvalue weighted by molar-refractivity contribution is 0.257. The molecule has 2 amide bonds. The lowest BCUT2D eigenvalue weighted by atomic mass is 10.2. The summed E-state index contributed by atoms with van der Waals surface area (Å²) in [5.74, 6) is -0.422. The standard InChI is InChI=1S/C14H14FN3O2S/c1-10-2-8-13(9-3-10)21(20,18-14(16)19)17-12-6-4-11(15)5-7-12/h2-9H,1H3,(H3,16,17,18,19,20). The van der Waals surface area contributed by atoms with E-state index in [0.717, 1.165) is 5.56 Å². The van der Waals surface area contributed by atoms with E-state index in [1.165, 1.54) is 24.3 Å². The number of nitrogens with one attached hydrogen (secondary N) is 1. The lowest BCUT2D eigenvalue weighted by Gasteiger charge is -2.13. The number of hydrogen-bond acceptors (Lipinski definition) is 2. The molecule has 21 heavy (non-hydrogen) atoms. The van der Waals surface area contributed by atoms with Gasteiger partial charge < -0.3 is 5.73 Å². The third kappa shape index (κ3) is 3.79. The van der Waals surface area contributed by atoms with Gasteiger partial charge >= 0.3 is 6.03 Å². The Balaban J connectivity index is 2.48. The smallest absolute Gasteiger partial charge is 0.348 e. The minimum Gasteiger partial charge on any atom is -0.349 e. The summed E-state index contributed by atoms with van der Waals surface area (Å²) in [6.45, 7) is 1.88. The summed E-state index contributed by atoms with van der Waals surface area (Å²) >= 11 is 0. The van der Waals surface area contributed by atoms with E-state index in [9.17, 15) is 13.4 Å². The Morgan fingerprint density at radius 3 is 2.24 bits per heavy atom. The van der Waals surface area contributed by atoms with Crippen LogP contribution in [-0.2, 0) is 9.92 Å². The van der Waals surface area contributed by atoms with Gasteiger partial charge in [0.1, 0.15) is 5.82 Å². The molecule has 0 radical (unpaired) electrons. The molecular weight excluding hydrogens is 293 g/mol. The van der Waals surface area contributed by atoms with Gasteiger partial charge in [-0.2, -0.15) is 0 Å². The topological polar surface area (TPSA) is 84.6 Å². The molecule has 1 atom stereocenters. The summed E-state index contributed by atoms with van der Waals surface area (Å²) < 4.78 is 31.9. The number of carbonyl (C=O) groups excluding carboxylic acids is 1. The van der Waals surface area contributed by atoms with Crippen molar-refractivity contribution >= 4 is 21.6 Å². The SMILES string of the molecule is Cc1ccc(S(=O)(=NC(N)=O)Nc2ccc(F)cc2)cc1. The number of nitrogens with two attached hydrogens (primary N) is 1. The van der Waals surface area contributed by atoms with Gasteiger partial charge in [0.15, 0.2) is 9.92 Å². The van der Waals surface area contributed by atoms with E-state index in [4.69, 9.17) is 5.73 Å². The zero-order valence-electron chi connectivity index (χ0n) is 11.2. The minimum absolute atomic E-state index is 0.316. The Kier molecular flexibility index (Phi) is 4.23. The number of anilines is 1. The maximum absolute atomic E-state index is 12.9. The first-order chi connectivity index (χ1) is 9.89. The van der Waals surface area contributed by atoms with Crippen molar-refractivity contribution in [3.05, 3.63) is 59.9 Å². The van der Waals surface area contributed by atoms with Crippen LogP contribution >= 0.6 is 0 Å². The third-order valence-corrected chi connectivity index (χ3v) is 4.52. The van der Waals surface area contributed by atoms with Crippen molar-refractivity contribution in [2.75, 3.05) is 4.72 Å². The predicted octanol–water partition coefficient (Wildman–Crippen LogP) is 3.07. The van der Waals surface area contributed by atoms with Gasteiger partial charge in [-0.3, -0.25) is 4.72 Å². The van der Waals surface area contributed by atoms with Crippen molar-refractivity contribution in [2.24, 2.45) is 10.1 Å². The van der Waals surface area contributed by atoms with Gasteiger partial charge in [-0.25, -0.2) is 13.4 Å². The van der Waals surface area contributed by atoms with Gasteiger partial charge in [-0.15, -0.1) is 4.36 Å². The first-order valence-electron chi connectivity index (χ1n) is 6.06. The summed E-state index contributed by atoms with van der Waals surface area (Å²) in [5, 5.41) is 0. The van der Waals surface area contributed by atoms with E-state index in [1.54, 1.807) is 24.3 Å². The fourth-order valence-corrected chi connectivity index (χ4v) is 3.14. The number of urea groups is 1. The van der Waals surface area contributed by atoms with Crippen LogP contribution in [0.3, 0.4) is 0 Å². The molecule has 5 nitrogen and oxygen atoms in total. The molecule has 2 aromatic rings. The highest BCUT2D eigenvalue weighted by Gasteiger charge is 2.14. The Morgan fingerprint density at radius 1 is 1.14 bits per heavy atom. The van der Waals surface area contributed by atoms with Gasteiger partial charge in [-0.05, 0) is 43.3 Å². The van der Waals surface area contributed by atoms with Crippen molar-refractivity contribution in [3.63, 3.8) is 0 Å². The Bertz CT molecular complexity index is 764. The van der Waals surface area contributed by atoms with Gasteiger partial charge in [0, 0.05) is 5.69 Å². The zero-order chi connectivity index (χ0) is 15.5. The maximum Gasteiger partial charge on any atom is 0.348 e. The molecule has 110 valence electrons. The van der Waals surface area contributed by atoms with Crippen molar-refractivity contribution in [3.8, 4) is 0 Å². The largest absolute Gasteiger partial charge is 0.349 e. The van der Waals surface area contributed by atoms with Crippen LogP contribution in [0.4, 0.5) is 14.9 Å². The molecule has 0 aromatic heterocycles. The van der Waals surface area contributed by atoms with Crippen molar-refractivity contribution < 1.29 is 13.4 Å². The minimum atomic E-state index is -3.27. The summed E-state index contributed by atoms with van der Waals surface area (Å²) in [5.41, 5.74) is 6.38. The van der Waals surface area contributed by atoms with Crippen LogP contribution in [0.2, 0.25) is 0 Å². The highest BCUT2D eigenvalue weighted by molar-refractivity contribution is 7.95. The first kappa shape index (κ1) is 15.0. The van der Waals surface area contributed by atoms with E-state index < -0.39 is 21.8 Å². The number of aryl methyl sites for hydroxylation is 1. The number of carbonyl (C=O) groups is 1. The second-order valence-corrected chi connectivity index (χ2v) is 6.29. The molecular formula is C14H14FN3O2S. The summed E-state index contributed by atoms with van der Waals surface area (Å²) in [7, 11) is -3.27. The average Bonchev–Trinajstić information content (AvgIpc) is 2.41. The molecule has 0 saturated heterocycles. The van der Waals surface area contributed by atoms with Crippen LogP contribution in [0.5, 0.6) is 0 Å². The number of nitrogens with zero attached hydrogens (tertiary/aromatic N) is 1. The summed E-state index contributed by atoms with van der Waals surface area (Å²) in [6.07, 6.45) is 0. The maximum atomic E-state index is 12.9. The molecule has 0 aliphatic carbocycles. The molecule has 1 unspecified atom stereocenters. The summed E-state index contributed by atoms with van der Waals surface area (Å²) in [4.78, 5) is 11.4. The van der Waals surface area contributed by atoms with Gasteiger partial charge in [0.05, 0.1) is 4.90 Å². The number of amides is 2. The van der Waals surface area contributed by atoms with Crippen LogP contribution in [0.25, 0.3) is 0 Å². The molecule has 2 aromatic carbocycles. The third-order valence-electron chi connectivity index (χ3n) is 2.66. The van der Waals surface area contributed by atoms with Crippen molar-refractivity contribution in [1.29, 1.82) is 0 Å². The Morgan fingerprint density at radius 2 is 1.71 bits per heavy atom. The quantitative estimate of drug-likeness (QED) is 0.913. The molecule has 0 aliphatic rings. The molecule has 0 heterocycles. The number of primary amides is 1. The Labute approximate surface area is 122 Å². The molecule has 7 heteroatoms. The second kappa shape index (κ2) is 5.92. The van der Waals surface area contributed by atoms with Gasteiger partial charge in [-0.1, -0.05) is 17.7 Å². The normalized spacial score (nSPS) is 13.2. The molecule has 2 rings (SSSR count). The number of halogens is 1. The lowest BCUT2D eigenvalue weighted by Crippen LogP contribution is -2.17. The van der Waals surface area contributed by atoms with E-state index in [-0.39, 0.29) is 0 Å². The molecule has 0 spiro atoms. The van der Waals surface area contributed by atoms with Crippen molar-refractivity contribution in [1.82, 2.24) is 0 Å². The van der Waals surface area contributed by atoms with E-state index in [2.05, 4.69) is 9.08 Å². The van der Waals surface area contributed by atoms with Crippen LogP contribution in [-0.4, -0.2) is 10.2 Å². The van der Waals surface area contributed by atoms with E-state index in [1.807, 2.05) is 6.92 Å². The van der Waals surface area contributed by atoms with Crippen LogP contribution < -0.4 is 10.5 Å². The average molecular weight is 307 g/mol. The predicted molar refractivity (Wildman–Crippen MR) is 79.6 cm³/mol. The molecule has 0 saturated carbocycles. The van der Waals surface area contributed by atoms with E-state index in [0.29, 0.717) is 10.6 Å². The van der Waals surface area contributed by atoms with Crippen molar-refractivity contribution in [2.45, 2.75) is 11.8 Å². The number of benzene rings is 2. The molecule has 0 aliphatic heterocycles. The number of rotatable bonds is 3. The van der Waals surface area contributed by atoms with E-state index >= 15 is 0 Å². The highest BCUT2D eigenvalue weighted by atomic mass is 32.2. The molecule has 0 fully saturated rings. The first-order valence-corrected chi connectivity index (χ1v) is 7.57. The summed E-state index contributed by atoms with van der Waals surface area (Å²) in [6, 6.07) is 10.9. The van der Waals surface area contributed by atoms with Gasteiger partial charge in [0.25, 0.3) is 0 Å². The molecule has 3 N–H and O–H groups in total. The fraction of sp³-hybridized carbons (Fsp3) is 0.0714. The second-order valence-electron chi connectivity index (χ2n) is 4.38. The van der Waals surface area contributed by atoms with Crippen LogP contribution in [0.15, 0.2) is 57.8 Å². The van der Waals surface area contributed by atoms with Gasteiger partial charge in [0.2, 0.25) is 0 Å². The fourth-order valence-electron chi connectivity index (χ4n) is 1.66.